The van der Waals surface area contributed by atoms with E-state index in [1.807, 2.05) is 97.1 Å². The number of hydrogen-bond donors (Lipinski definition) is 6. The maximum atomic E-state index is 12.3. The third-order valence-corrected chi connectivity index (χ3v) is 24.2. The van der Waals surface area contributed by atoms with Gasteiger partial charge in [-0.3, -0.25) is 24.0 Å². The number of nitrogens with two attached hydrogens (primary N) is 1. The van der Waals surface area contributed by atoms with Gasteiger partial charge in [0.05, 0.1) is 17.9 Å². The number of esters is 1. The minimum atomic E-state index is -0.706. The van der Waals surface area contributed by atoms with E-state index in [9.17, 15) is 38.4 Å². The van der Waals surface area contributed by atoms with Crippen LogP contribution in [0.2, 0.25) is 0 Å². The monoisotopic (exact) mass is 1660 g/mol. The standard InChI is InChI=1S/C23H24N4O3.C23H24N2O3.C23H25NO4.C16H14O2.C8H15NO2.CH2O3.2Na/c24-27-26-22(28)16-11-9-15(10-12-16)13-25-23(29)30-14-21-19-7-3-1-5-17(19)18-6-2-4-8-20(18)21;26-15-25-17-11-9-16(10-12-17)13-24-23(27)28-14-22-20-7-3-1-5-18(20)19-6-2-4-8-21(19)22;25-22(26)16-11-9-15(10-12-16)13-24-23(27)28-14-21-19-7-3-1-5-17(19)18-6-2-4-8-20(18)21;1-11(17)18-10-16-14-8-4-2-6-12(14)13-7-3-5-9-15(13)16;9-5-6-1-3-7(4-2-6)8(10)11;2-1-4-3;;/h1-8,15-16,21H,9-14H2,(H,25,29);1-8,16-17,22H,9-14H2,(H,24,27);1-8,15-16,21H,9-14H2,(H,24,27)(H,25,26);2-9,16H,10H2,1H3;6-7H,1-5,9H2,(H,10,11);1,3H;;/q;;;;;;;+1/p-1. The van der Waals surface area contributed by atoms with Crippen LogP contribution in [0.15, 0.2) is 204 Å². The van der Waals surface area contributed by atoms with Crippen LogP contribution in [0.25, 0.3) is 55.0 Å². The maximum absolute atomic E-state index is 12.3. The van der Waals surface area contributed by atoms with Crippen LogP contribution < -0.4 is 56.5 Å². The Kier molecular flexibility index (Phi) is 37.8. The van der Waals surface area contributed by atoms with Gasteiger partial charge in [-0.15, -0.1) is 0 Å². The van der Waals surface area contributed by atoms with Crippen LogP contribution in [0.5, 0.6) is 0 Å². The summed E-state index contributed by atoms with van der Waals surface area (Å²) in [5.74, 6) is -0.484. The maximum Gasteiger partial charge on any atom is 1.00 e. The van der Waals surface area contributed by atoms with Gasteiger partial charge in [-0.25, -0.2) is 24.2 Å². The first-order valence-corrected chi connectivity index (χ1v) is 41.1. The second-order valence-electron chi connectivity index (χ2n) is 31.3. The van der Waals surface area contributed by atoms with Crippen molar-refractivity contribution in [2.75, 3.05) is 52.6 Å². The van der Waals surface area contributed by atoms with Crippen molar-refractivity contribution < 1.29 is 112 Å². The number of benzene rings is 8. The van der Waals surface area contributed by atoms with Gasteiger partial charge in [-0.1, -0.05) is 194 Å². The number of alkyl carbamates (subject to hydrolysis) is 3. The molecule has 0 spiro atoms. The summed E-state index contributed by atoms with van der Waals surface area (Å²) in [4.78, 5) is 109. The van der Waals surface area contributed by atoms with Crippen molar-refractivity contribution in [2.45, 2.75) is 139 Å². The first kappa shape index (κ1) is 94.6. The fraction of sp³-hybridized carbons (Fsp3) is 0.394. The summed E-state index contributed by atoms with van der Waals surface area (Å²) in [7, 11) is 0. The molecule has 0 atom stereocenters. The Hall–Kier alpha value is -10.3. The van der Waals surface area contributed by atoms with Gasteiger partial charge < -0.3 is 61.0 Å². The Morgan fingerprint density at radius 2 is 0.669 bits per heavy atom. The molecule has 27 heteroatoms. The molecule has 0 aliphatic heterocycles. The fourth-order valence-electron chi connectivity index (χ4n) is 17.8. The molecule has 1 radical (unpaired) electrons. The molecule has 25 nitrogen and oxygen atoms in total. The number of isocyanates is 1. The molecule has 8 aliphatic carbocycles. The number of aliphatic imine (C=N–C) groups is 1. The third-order valence-electron chi connectivity index (χ3n) is 24.2. The van der Waals surface area contributed by atoms with E-state index in [-0.39, 0.29) is 131 Å². The average molecular weight is 1660 g/mol. The van der Waals surface area contributed by atoms with Gasteiger partial charge in [0.1, 0.15) is 26.4 Å². The SMILES string of the molecule is CC(=O)OCC1c2ccccc2-c2ccccc21.NCC1CCC(C(=O)O)CC1.O=C(NCC1CCC(C(=O)O)CC1)OCC1c2ccccc2-c2ccccc21.O=C=NC1CCC(CNC(=O)OCC2c3ccccc3-c3ccccc32)CC1.O=CO[O-].[N-]=[N+]=NC(=O)C1CCC(CNC(=O)OCC2c3ccccc3-c3ccccc32)CC1.[Na+].[Na]. The van der Waals surface area contributed by atoms with E-state index in [4.69, 9.17) is 50.5 Å². The number of nitrogens with zero attached hydrogens (tertiary/aromatic N) is 4. The molecule has 4 fully saturated rings. The van der Waals surface area contributed by atoms with Crippen LogP contribution in [0.3, 0.4) is 0 Å². The summed E-state index contributed by atoms with van der Waals surface area (Å²) >= 11 is 0. The van der Waals surface area contributed by atoms with E-state index < -0.39 is 24.1 Å². The largest absolute Gasteiger partial charge is 1.00 e. The molecular weight excluding hydrogens is 1560 g/mol. The normalized spacial score (nSPS) is 19.5. The van der Waals surface area contributed by atoms with E-state index >= 15 is 0 Å². The van der Waals surface area contributed by atoms with Crippen molar-refractivity contribution in [1.29, 1.82) is 0 Å². The van der Waals surface area contributed by atoms with Gasteiger partial charge in [0.2, 0.25) is 12.0 Å². The van der Waals surface area contributed by atoms with Crippen LogP contribution in [-0.2, 0) is 52.6 Å². The zero-order chi connectivity index (χ0) is 84.0. The quantitative estimate of drug-likeness (QED) is 0.00353. The Labute approximate surface area is 749 Å². The van der Waals surface area contributed by atoms with Crippen LogP contribution in [0.1, 0.15) is 178 Å². The number of aliphatic carboxylic acids is 2. The molecule has 8 aromatic rings. The fourth-order valence-corrected chi connectivity index (χ4v) is 17.8. The first-order valence-electron chi connectivity index (χ1n) is 41.1. The molecule has 0 heterocycles. The van der Waals surface area contributed by atoms with Crippen LogP contribution in [0, 0.1) is 41.4 Å². The predicted octanol–water partition coefficient (Wildman–Crippen LogP) is 13.3. The number of carboxylic acids is 2. The van der Waals surface area contributed by atoms with Crippen molar-refractivity contribution in [3.8, 4) is 44.5 Å². The van der Waals surface area contributed by atoms with Crippen LogP contribution >= 0.6 is 0 Å². The van der Waals surface area contributed by atoms with E-state index in [0.29, 0.717) is 102 Å². The van der Waals surface area contributed by atoms with Crippen molar-refractivity contribution in [3.05, 3.63) is 249 Å². The summed E-state index contributed by atoms with van der Waals surface area (Å²) in [5.41, 5.74) is 33.3. The molecule has 8 aromatic carbocycles. The molecule has 0 aromatic heterocycles. The Morgan fingerprint density at radius 3 is 0.901 bits per heavy atom. The van der Waals surface area contributed by atoms with Gasteiger partial charge in [-0.2, -0.15) is 0 Å². The molecule has 0 bridgehead atoms. The number of carboxylic acid groups (broad SMARTS) is 2. The number of hydrogen-bond acceptors (Lipinski definition) is 17. The topological polar surface area (TPSA) is 387 Å². The molecule has 7 N–H and O–H groups in total. The number of fused-ring (bicyclic) bond motifs is 12. The van der Waals surface area contributed by atoms with Gasteiger partial charge in [-0.05, 0) is 233 Å². The number of nitrogens with one attached hydrogen (secondary N) is 3. The number of azide groups is 1. The van der Waals surface area contributed by atoms with E-state index in [2.05, 4.69) is 133 Å². The summed E-state index contributed by atoms with van der Waals surface area (Å²) in [5, 5.41) is 38.0. The minimum absolute atomic E-state index is 0. The van der Waals surface area contributed by atoms with Crippen molar-refractivity contribution >= 4 is 84.2 Å². The van der Waals surface area contributed by atoms with Crippen molar-refractivity contribution in [3.63, 3.8) is 0 Å². The number of carbonyl (C=O) groups is 8. The summed E-state index contributed by atoms with van der Waals surface area (Å²) in [6, 6.07) is 66.4. The second kappa shape index (κ2) is 48.4. The molecular formula is C94H103N8Na2O17. The molecule has 4 saturated carbocycles. The summed E-state index contributed by atoms with van der Waals surface area (Å²) < 4.78 is 21.9. The zero-order valence-corrected chi connectivity index (χ0v) is 72.8. The summed E-state index contributed by atoms with van der Waals surface area (Å²) in [6.07, 6.45) is 13.8. The smallest absolute Gasteiger partial charge is 0.662 e. The molecule has 8 aliphatic rings. The predicted molar refractivity (Wildman–Crippen MR) is 451 cm³/mol. The van der Waals surface area contributed by atoms with Crippen LogP contribution in [-0.4, -0.2) is 153 Å². The Balaban J connectivity index is 0.000000174. The van der Waals surface area contributed by atoms with E-state index in [1.165, 1.54) is 95.9 Å². The number of rotatable bonds is 20. The zero-order valence-electron chi connectivity index (χ0n) is 68.8. The van der Waals surface area contributed by atoms with Gasteiger partial charge in [0.15, 0.2) is 0 Å². The third kappa shape index (κ3) is 25.9. The Bertz CT molecular complexity index is 4590. The van der Waals surface area contributed by atoms with Crippen LogP contribution in [0.4, 0.5) is 14.4 Å². The average Bonchev–Trinajstić information content (AvgIpc) is 1.64. The molecule has 4 amide bonds. The summed E-state index contributed by atoms with van der Waals surface area (Å²) in [6.45, 7) is 5.03. The first-order chi connectivity index (χ1) is 58.0. The number of ether oxygens (including phenoxy) is 4. The van der Waals surface area contributed by atoms with Gasteiger partial charge in [0.25, 0.3) is 6.47 Å². The van der Waals surface area contributed by atoms with Gasteiger partial charge >= 0.3 is 65.7 Å². The molecule has 16 rings (SSSR count). The van der Waals surface area contributed by atoms with Crippen molar-refractivity contribution in [2.24, 2.45) is 57.3 Å². The molecule has 623 valence electrons. The second-order valence-corrected chi connectivity index (χ2v) is 31.3. The molecule has 121 heavy (non-hydrogen) atoms. The van der Waals surface area contributed by atoms with Gasteiger partial charge in [0, 0.05) is 90.6 Å². The number of carbonyl (C=O) groups excluding carboxylic acids is 7. The van der Waals surface area contributed by atoms with E-state index in [0.717, 1.165) is 77.0 Å². The van der Waals surface area contributed by atoms with E-state index in [1.54, 1.807) is 6.08 Å². The minimum Gasteiger partial charge on any atom is -0.662 e. The Morgan fingerprint density at radius 1 is 0.430 bits per heavy atom. The van der Waals surface area contributed by atoms with Crippen molar-refractivity contribution in [1.82, 2.24) is 16.0 Å². The molecule has 0 unspecified atom stereocenters. The number of amides is 4. The molecule has 0 saturated heterocycles.